The molecule has 0 spiro atoms. The first-order chi connectivity index (χ1) is 14.5. The van der Waals surface area contributed by atoms with Crippen molar-refractivity contribution in [1.82, 2.24) is 0 Å². The standard InChI is InChI=1S/C25H21NO4/c1-3-29-23-7-5-4-6-20(23)26-25(28)18-11-9-17(10-12-18)24-15-21(27)19-14-16(2)8-13-22(19)30-24/h4-15H,3H2,1-2H3,(H,26,28). The summed E-state index contributed by atoms with van der Waals surface area (Å²) in [5, 5.41) is 3.43. The Bertz CT molecular complexity index is 1270. The maximum absolute atomic E-state index is 12.6. The molecule has 3 aromatic carbocycles. The van der Waals surface area contributed by atoms with Crippen molar-refractivity contribution in [2.45, 2.75) is 13.8 Å². The van der Waals surface area contributed by atoms with Crippen LogP contribution in [0.5, 0.6) is 5.75 Å². The number of nitrogens with one attached hydrogen (secondary N) is 1. The number of hydrogen-bond acceptors (Lipinski definition) is 4. The number of amides is 1. The molecule has 5 nitrogen and oxygen atoms in total. The van der Waals surface area contributed by atoms with Crippen molar-refractivity contribution in [2.24, 2.45) is 0 Å². The largest absolute Gasteiger partial charge is 0.492 e. The summed E-state index contributed by atoms with van der Waals surface area (Å²) in [5.41, 5.74) is 3.28. The lowest BCUT2D eigenvalue weighted by molar-refractivity contribution is 0.102. The molecule has 150 valence electrons. The number of para-hydroxylation sites is 2. The van der Waals surface area contributed by atoms with Gasteiger partial charge in [-0.2, -0.15) is 0 Å². The van der Waals surface area contributed by atoms with Gasteiger partial charge in [0.15, 0.2) is 5.43 Å². The highest BCUT2D eigenvalue weighted by Gasteiger charge is 2.12. The molecule has 0 bridgehead atoms. The molecule has 0 radical (unpaired) electrons. The monoisotopic (exact) mass is 399 g/mol. The van der Waals surface area contributed by atoms with Gasteiger partial charge in [0.1, 0.15) is 17.1 Å². The lowest BCUT2D eigenvalue weighted by Crippen LogP contribution is -2.12. The van der Waals surface area contributed by atoms with Crippen LogP contribution in [0.1, 0.15) is 22.8 Å². The van der Waals surface area contributed by atoms with E-state index in [-0.39, 0.29) is 11.3 Å². The number of carbonyl (C=O) groups excluding carboxylic acids is 1. The molecule has 30 heavy (non-hydrogen) atoms. The molecule has 0 aliphatic heterocycles. The molecular formula is C25H21NO4. The Morgan fingerprint density at radius 3 is 2.53 bits per heavy atom. The average Bonchev–Trinajstić information content (AvgIpc) is 2.76. The molecule has 0 unspecified atom stereocenters. The summed E-state index contributed by atoms with van der Waals surface area (Å²) in [6.07, 6.45) is 0. The molecule has 5 heteroatoms. The SMILES string of the molecule is CCOc1ccccc1NC(=O)c1ccc(-c2cc(=O)c3cc(C)ccc3o2)cc1. The van der Waals surface area contributed by atoms with E-state index < -0.39 is 0 Å². The summed E-state index contributed by atoms with van der Waals surface area (Å²) in [7, 11) is 0. The third-order valence-electron chi connectivity index (χ3n) is 4.75. The van der Waals surface area contributed by atoms with E-state index in [1.807, 2.05) is 44.2 Å². The summed E-state index contributed by atoms with van der Waals surface area (Å²) >= 11 is 0. The van der Waals surface area contributed by atoms with Crippen LogP contribution in [0.25, 0.3) is 22.3 Å². The summed E-state index contributed by atoms with van der Waals surface area (Å²) in [6.45, 7) is 4.34. The molecule has 0 saturated carbocycles. The van der Waals surface area contributed by atoms with Crippen LogP contribution in [0.2, 0.25) is 0 Å². The molecule has 1 N–H and O–H groups in total. The molecule has 1 amide bonds. The van der Waals surface area contributed by atoms with Crippen molar-refractivity contribution >= 4 is 22.6 Å². The maximum atomic E-state index is 12.6. The zero-order valence-corrected chi connectivity index (χ0v) is 16.8. The molecule has 4 aromatic rings. The van der Waals surface area contributed by atoms with Crippen molar-refractivity contribution in [3.05, 3.63) is 94.1 Å². The van der Waals surface area contributed by atoms with Crippen LogP contribution in [-0.4, -0.2) is 12.5 Å². The van der Waals surface area contributed by atoms with Gasteiger partial charge in [0.05, 0.1) is 17.7 Å². The van der Waals surface area contributed by atoms with Crippen molar-refractivity contribution in [3.63, 3.8) is 0 Å². The van der Waals surface area contributed by atoms with Crippen LogP contribution < -0.4 is 15.5 Å². The van der Waals surface area contributed by atoms with Crippen LogP contribution in [0.4, 0.5) is 5.69 Å². The predicted octanol–water partition coefficient (Wildman–Crippen LogP) is 5.42. The molecule has 0 aliphatic carbocycles. The number of carbonyl (C=O) groups is 1. The maximum Gasteiger partial charge on any atom is 0.255 e. The molecule has 0 atom stereocenters. The van der Waals surface area contributed by atoms with Gasteiger partial charge in [0.2, 0.25) is 0 Å². The van der Waals surface area contributed by atoms with Gasteiger partial charge in [0, 0.05) is 17.2 Å². The Kier molecular flexibility index (Phi) is 5.35. The predicted molar refractivity (Wildman–Crippen MR) is 118 cm³/mol. The first-order valence-electron chi connectivity index (χ1n) is 9.73. The van der Waals surface area contributed by atoms with Gasteiger partial charge >= 0.3 is 0 Å². The zero-order valence-electron chi connectivity index (χ0n) is 16.8. The van der Waals surface area contributed by atoms with Crippen LogP contribution in [0.15, 0.2) is 82.0 Å². The van der Waals surface area contributed by atoms with Crippen molar-refractivity contribution in [3.8, 4) is 17.1 Å². The third-order valence-corrected chi connectivity index (χ3v) is 4.75. The first kappa shape index (κ1) is 19.5. The van der Waals surface area contributed by atoms with E-state index in [1.165, 1.54) is 6.07 Å². The quantitative estimate of drug-likeness (QED) is 0.487. The Morgan fingerprint density at radius 2 is 1.77 bits per heavy atom. The molecule has 4 rings (SSSR count). The molecule has 0 fully saturated rings. The summed E-state index contributed by atoms with van der Waals surface area (Å²) < 4.78 is 11.5. The van der Waals surface area contributed by atoms with E-state index in [2.05, 4.69) is 5.32 Å². The minimum atomic E-state index is -0.246. The number of ether oxygens (including phenoxy) is 1. The summed E-state index contributed by atoms with van der Waals surface area (Å²) in [6, 6.07) is 21.2. The number of hydrogen-bond donors (Lipinski definition) is 1. The Hall–Kier alpha value is -3.86. The summed E-state index contributed by atoms with van der Waals surface area (Å²) in [4.78, 5) is 25.1. The van der Waals surface area contributed by atoms with Crippen molar-refractivity contribution < 1.29 is 13.9 Å². The highest BCUT2D eigenvalue weighted by molar-refractivity contribution is 6.05. The van der Waals surface area contributed by atoms with Crippen LogP contribution in [-0.2, 0) is 0 Å². The number of aryl methyl sites for hydroxylation is 1. The Balaban J connectivity index is 1.59. The average molecular weight is 399 g/mol. The van der Waals surface area contributed by atoms with Gasteiger partial charge in [-0.15, -0.1) is 0 Å². The number of fused-ring (bicyclic) bond motifs is 1. The highest BCUT2D eigenvalue weighted by atomic mass is 16.5. The van der Waals surface area contributed by atoms with Crippen molar-refractivity contribution in [2.75, 3.05) is 11.9 Å². The van der Waals surface area contributed by atoms with E-state index in [9.17, 15) is 9.59 Å². The number of rotatable bonds is 5. The van der Waals surface area contributed by atoms with Gasteiger partial charge < -0.3 is 14.5 Å². The lowest BCUT2D eigenvalue weighted by Gasteiger charge is -2.11. The molecule has 1 heterocycles. The van der Waals surface area contributed by atoms with E-state index in [1.54, 1.807) is 36.4 Å². The van der Waals surface area contributed by atoms with E-state index in [0.29, 0.717) is 40.3 Å². The lowest BCUT2D eigenvalue weighted by atomic mass is 10.1. The fraction of sp³-hybridized carbons (Fsp3) is 0.120. The molecule has 0 saturated heterocycles. The van der Waals surface area contributed by atoms with Gasteiger partial charge in [-0.3, -0.25) is 9.59 Å². The molecule has 0 aliphatic rings. The molecular weight excluding hydrogens is 378 g/mol. The molecule has 1 aromatic heterocycles. The summed E-state index contributed by atoms with van der Waals surface area (Å²) in [5.74, 6) is 0.840. The second-order valence-electron chi connectivity index (χ2n) is 6.94. The second-order valence-corrected chi connectivity index (χ2v) is 6.94. The third kappa shape index (κ3) is 3.96. The Morgan fingerprint density at radius 1 is 1.00 bits per heavy atom. The highest BCUT2D eigenvalue weighted by Crippen LogP contribution is 2.26. The smallest absolute Gasteiger partial charge is 0.255 e. The van der Waals surface area contributed by atoms with Crippen molar-refractivity contribution in [1.29, 1.82) is 0 Å². The zero-order chi connectivity index (χ0) is 21.1. The first-order valence-corrected chi connectivity index (χ1v) is 9.73. The van der Waals surface area contributed by atoms with Crippen LogP contribution in [0.3, 0.4) is 0 Å². The number of anilines is 1. The Labute approximate surface area is 173 Å². The minimum absolute atomic E-state index is 0.0932. The van der Waals surface area contributed by atoms with Gasteiger partial charge in [-0.25, -0.2) is 0 Å². The van der Waals surface area contributed by atoms with Crippen LogP contribution in [0, 0.1) is 6.92 Å². The van der Waals surface area contributed by atoms with Gasteiger partial charge in [-0.05, 0) is 50.2 Å². The fourth-order valence-electron chi connectivity index (χ4n) is 3.24. The minimum Gasteiger partial charge on any atom is -0.492 e. The normalized spacial score (nSPS) is 10.7. The topological polar surface area (TPSA) is 68.5 Å². The number of benzene rings is 3. The second kappa shape index (κ2) is 8.25. The van der Waals surface area contributed by atoms with Gasteiger partial charge in [-0.1, -0.05) is 35.9 Å². The van der Waals surface area contributed by atoms with Crippen LogP contribution >= 0.6 is 0 Å². The van der Waals surface area contributed by atoms with E-state index in [0.717, 1.165) is 11.1 Å². The van der Waals surface area contributed by atoms with E-state index >= 15 is 0 Å². The van der Waals surface area contributed by atoms with Gasteiger partial charge in [0.25, 0.3) is 5.91 Å². The fourth-order valence-corrected chi connectivity index (χ4v) is 3.24. The van der Waals surface area contributed by atoms with E-state index in [4.69, 9.17) is 9.15 Å².